The molecule has 1 aromatic carbocycles. The molecule has 0 radical (unpaired) electrons. The van der Waals surface area contributed by atoms with Crippen LogP contribution in [0, 0.1) is 0 Å². The first-order valence-electron chi connectivity index (χ1n) is 6.33. The average molecular weight is 263 g/mol. The van der Waals surface area contributed by atoms with E-state index in [9.17, 15) is 9.59 Å². The van der Waals surface area contributed by atoms with E-state index in [1.54, 1.807) is 38.4 Å². The molecule has 0 aliphatic carbocycles. The average Bonchev–Trinajstić information content (AvgIpc) is 2.37. The van der Waals surface area contributed by atoms with Crippen molar-refractivity contribution >= 4 is 17.6 Å². The summed E-state index contributed by atoms with van der Waals surface area (Å²) >= 11 is 0. The highest BCUT2D eigenvalue weighted by Gasteiger charge is 2.10. The van der Waals surface area contributed by atoms with Gasteiger partial charge in [0.2, 0.25) is 0 Å². The fourth-order valence-corrected chi connectivity index (χ4v) is 1.48. The summed E-state index contributed by atoms with van der Waals surface area (Å²) in [5.74, 6) is -0.0917. The molecule has 2 N–H and O–H groups in total. The summed E-state index contributed by atoms with van der Waals surface area (Å²) in [6.07, 6.45) is 0.868. The van der Waals surface area contributed by atoms with Crippen molar-refractivity contribution in [1.29, 1.82) is 0 Å². The number of benzene rings is 1. The Bertz CT molecular complexity index is 458. The lowest BCUT2D eigenvalue weighted by Gasteiger charge is -2.14. The molecule has 0 aromatic heterocycles. The number of amides is 3. The van der Waals surface area contributed by atoms with E-state index in [1.165, 1.54) is 4.90 Å². The SMILES string of the molecule is CCC(C)NC(=O)Nc1cccc(C(=O)N(C)C)c1. The van der Waals surface area contributed by atoms with E-state index in [0.717, 1.165) is 6.42 Å². The zero-order chi connectivity index (χ0) is 14.4. The van der Waals surface area contributed by atoms with Crippen molar-refractivity contribution in [2.75, 3.05) is 19.4 Å². The van der Waals surface area contributed by atoms with Gasteiger partial charge < -0.3 is 15.5 Å². The highest BCUT2D eigenvalue weighted by Crippen LogP contribution is 2.12. The molecule has 104 valence electrons. The van der Waals surface area contributed by atoms with Crippen LogP contribution in [0.4, 0.5) is 10.5 Å². The molecule has 1 aromatic rings. The Morgan fingerprint density at radius 3 is 2.58 bits per heavy atom. The van der Waals surface area contributed by atoms with Crippen LogP contribution in [-0.4, -0.2) is 37.0 Å². The van der Waals surface area contributed by atoms with Gasteiger partial charge >= 0.3 is 6.03 Å². The Morgan fingerprint density at radius 1 is 1.32 bits per heavy atom. The van der Waals surface area contributed by atoms with E-state index >= 15 is 0 Å². The van der Waals surface area contributed by atoms with Gasteiger partial charge in [0.15, 0.2) is 0 Å². The highest BCUT2D eigenvalue weighted by atomic mass is 16.2. The van der Waals surface area contributed by atoms with E-state index in [4.69, 9.17) is 0 Å². The van der Waals surface area contributed by atoms with Crippen molar-refractivity contribution in [3.63, 3.8) is 0 Å². The summed E-state index contributed by atoms with van der Waals surface area (Å²) in [5, 5.41) is 5.52. The van der Waals surface area contributed by atoms with Gasteiger partial charge in [0, 0.05) is 31.4 Å². The van der Waals surface area contributed by atoms with Crippen LogP contribution in [0.15, 0.2) is 24.3 Å². The van der Waals surface area contributed by atoms with Crippen LogP contribution >= 0.6 is 0 Å². The van der Waals surface area contributed by atoms with Gasteiger partial charge in [-0.1, -0.05) is 13.0 Å². The van der Waals surface area contributed by atoms with Crippen molar-refractivity contribution in [3.05, 3.63) is 29.8 Å². The molecule has 19 heavy (non-hydrogen) atoms. The van der Waals surface area contributed by atoms with Gasteiger partial charge in [0.1, 0.15) is 0 Å². The fourth-order valence-electron chi connectivity index (χ4n) is 1.48. The molecule has 0 heterocycles. The minimum atomic E-state index is -0.260. The van der Waals surface area contributed by atoms with Crippen molar-refractivity contribution < 1.29 is 9.59 Å². The minimum Gasteiger partial charge on any atom is -0.345 e. The van der Waals surface area contributed by atoms with Gasteiger partial charge in [-0.3, -0.25) is 4.79 Å². The predicted molar refractivity (Wildman–Crippen MR) is 76.4 cm³/mol. The van der Waals surface area contributed by atoms with E-state index in [-0.39, 0.29) is 18.0 Å². The molecule has 0 fully saturated rings. The van der Waals surface area contributed by atoms with E-state index in [1.807, 2.05) is 13.8 Å². The highest BCUT2D eigenvalue weighted by molar-refractivity contribution is 5.96. The van der Waals surface area contributed by atoms with Crippen LogP contribution in [0.5, 0.6) is 0 Å². The standard InChI is InChI=1S/C14H21N3O2/c1-5-10(2)15-14(19)16-12-8-6-7-11(9-12)13(18)17(3)4/h6-10H,5H2,1-4H3,(H2,15,16,19). The van der Waals surface area contributed by atoms with Gasteiger partial charge in [-0.05, 0) is 31.5 Å². The largest absolute Gasteiger partial charge is 0.345 e. The Hall–Kier alpha value is -2.04. The molecular weight excluding hydrogens is 242 g/mol. The molecule has 1 atom stereocenters. The maximum absolute atomic E-state index is 11.8. The Labute approximate surface area is 114 Å². The lowest BCUT2D eigenvalue weighted by atomic mass is 10.2. The Balaban J connectivity index is 2.72. The molecule has 0 spiro atoms. The first kappa shape index (κ1) is 15.0. The number of carbonyl (C=O) groups excluding carboxylic acids is 2. The smallest absolute Gasteiger partial charge is 0.319 e. The molecule has 0 saturated carbocycles. The third-order valence-corrected chi connectivity index (χ3v) is 2.76. The molecule has 1 unspecified atom stereocenters. The molecule has 0 aliphatic heterocycles. The number of nitrogens with one attached hydrogen (secondary N) is 2. The molecule has 0 aliphatic rings. The summed E-state index contributed by atoms with van der Waals surface area (Å²) in [5.41, 5.74) is 1.15. The topological polar surface area (TPSA) is 61.4 Å². The van der Waals surface area contributed by atoms with Crippen LogP contribution < -0.4 is 10.6 Å². The Kier molecular flexibility index (Phi) is 5.36. The second kappa shape index (κ2) is 6.78. The normalized spacial score (nSPS) is 11.6. The summed E-state index contributed by atoms with van der Waals surface area (Å²) in [4.78, 5) is 25.0. The molecule has 5 heteroatoms. The van der Waals surface area contributed by atoms with E-state index in [0.29, 0.717) is 11.3 Å². The van der Waals surface area contributed by atoms with Crippen LogP contribution in [0.25, 0.3) is 0 Å². The van der Waals surface area contributed by atoms with E-state index < -0.39 is 0 Å². The number of urea groups is 1. The summed E-state index contributed by atoms with van der Waals surface area (Å²) < 4.78 is 0. The fraction of sp³-hybridized carbons (Fsp3) is 0.429. The van der Waals surface area contributed by atoms with Crippen LogP contribution in [-0.2, 0) is 0 Å². The third-order valence-electron chi connectivity index (χ3n) is 2.76. The number of carbonyl (C=O) groups is 2. The summed E-state index contributed by atoms with van der Waals surface area (Å²) in [6.45, 7) is 3.94. The van der Waals surface area contributed by atoms with Gasteiger partial charge in [0.25, 0.3) is 5.91 Å². The van der Waals surface area contributed by atoms with Crippen molar-refractivity contribution in [2.24, 2.45) is 0 Å². The first-order chi connectivity index (χ1) is 8.93. The summed E-state index contributed by atoms with van der Waals surface area (Å²) in [6, 6.07) is 6.74. The zero-order valence-electron chi connectivity index (χ0n) is 11.9. The van der Waals surface area contributed by atoms with Gasteiger partial charge in [-0.25, -0.2) is 4.79 Å². The maximum Gasteiger partial charge on any atom is 0.319 e. The lowest BCUT2D eigenvalue weighted by molar-refractivity contribution is 0.0827. The monoisotopic (exact) mass is 263 g/mol. The number of nitrogens with zero attached hydrogens (tertiary/aromatic N) is 1. The lowest BCUT2D eigenvalue weighted by Crippen LogP contribution is -2.35. The quantitative estimate of drug-likeness (QED) is 0.875. The van der Waals surface area contributed by atoms with Crippen molar-refractivity contribution in [1.82, 2.24) is 10.2 Å². The molecule has 0 saturated heterocycles. The molecule has 3 amide bonds. The maximum atomic E-state index is 11.8. The first-order valence-corrected chi connectivity index (χ1v) is 6.33. The van der Waals surface area contributed by atoms with E-state index in [2.05, 4.69) is 10.6 Å². The predicted octanol–water partition coefficient (Wildman–Crippen LogP) is 2.31. The third kappa shape index (κ3) is 4.62. The minimum absolute atomic E-state index is 0.0917. The molecule has 5 nitrogen and oxygen atoms in total. The van der Waals surface area contributed by atoms with Crippen LogP contribution in [0.2, 0.25) is 0 Å². The molecule has 1 rings (SSSR count). The number of anilines is 1. The number of hydrogen-bond acceptors (Lipinski definition) is 2. The van der Waals surface area contributed by atoms with Crippen molar-refractivity contribution in [3.8, 4) is 0 Å². The Morgan fingerprint density at radius 2 is 2.00 bits per heavy atom. The van der Waals surface area contributed by atoms with Gasteiger partial charge in [-0.15, -0.1) is 0 Å². The summed E-state index contributed by atoms with van der Waals surface area (Å²) in [7, 11) is 3.39. The number of rotatable bonds is 4. The van der Waals surface area contributed by atoms with Crippen LogP contribution in [0.3, 0.4) is 0 Å². The van der Waals surface area contributed by atoms with Crippen LogP contribution in [0.1, 0.15) is 30.6 Å². The number of hydrogen-bond donors (Lipinski definition) is 2. The second-order valence-corrected chi connectivity index (χ2v) is 4.69. The van der Waals surface area contributed by atoms with Crippen molar-refractivity contribution in [2.45, 2.75) is 26.3 Å². The van der Waals surface area contributed by atoms with Gasteiger partial charge in [0.05, 0.1) is 0 Å². The molecule has 0 bridgehead atoms. The molecular formula is C14H21N3O2. The zero-order valence-corrected chi connectivity index (χ0v) is 11.9. The second-order valence-electron chi connectivity index (χ2n) is 4.69. The van der Waals surface area contributed by atoms with Gasteiger partial charge in [-0.2, -0.15) is 0 Å².